The van der Waals surface area contributed by atoms with E-state index in [1.807, 2.05) is 12.1 Å². The number of hydrogen-bond donors (Lipinski definition) is 0. The quantitative estimate of drug-likeness (QED) is 0.229. The minimum atomic E-state index is -0.517. The van der Waals surface area contributed by atoms with Crippen LogP contribution in [-0.2, 0) is 0 Å². The summed E-state index contributed by atoms with van der Waals surface area (Å²) in [7, 11) is 0. The first-order chi connectivity index (χ1) is 13.5. The monoisotopic (exact) mass is 486 g/mol. The smallest absolute Gasteiger partial charge is 0.273 e. The van der Waals surface area contributed by atoms with E-state index in [2.05, 4.69) is 22.6 Å². The number of nitro benzene ring substituents is 1. The van der Waals surface area contributed by atoms with Crippen molar-refractivity contribution >= 4 is 45.8 Å². The van der Waals surface area contributed by atoms with Crippen LogP contribution in [0.15, 0.2) is 66.7 Å². The predicted molar refractivity (Wildman–Crippen MR) is 110 cm³/mol. The molecular formula is C20H11IN2O5. The van der Waals surface area contributed by atoms with E-state index in [9.17, 15) is 19.7 Å². The molecule has 28 heavy (non-hydrogen) atoms. The van der Waals surface area contributed by atoms with Crippen LogP contribution in [0.4, 0.5) is 11.4 Å². The molecule has 0 fully saturated rings. The van der Waals surface area contributed by atoms with Crippen LogP contribution in [0.5, 0.6) is 11.5 Å². The van der Waals surface area contributed by atoms with Crippen molar-refractivity contribution in [2.75, 3.05) is 4.90 Å². The molecule has 1 heterocycles. The van der Waals surface area contributed by atoms with Gasteiger partial charge in [-0.05, 0) is 59.0 Å². The number of para-hydroxylation sites is 1. The van der Waals surface area contributed by atoms with E-state index in [4.69, 9.17) is 4.74 Å². The molecule has 1 aliphatic rings. The van der Waals surface area contributed by atoms with Crippen LogP contribution >= 0.6 is 22.6 Å². The first kappa shape index (κ1) is 18.1. The molecule has 0 saturated heterocycles. The number of halogens is 1. The van der Waals surface area contributed by atoms with Crippen molar-refractivity contribution in [1.82, 2.24) is 0 Å². The van der Waals surface area contributed by atoms with Crippen molar-refractivity contribution in [3.63, 3.8) is 0 Å². The van der Waals surface area contributed by atoms with Crippen molar-refractivity contribution in [1.29, 1.82) is 0 Å². The van der Waals surface area contributed by atoms with E-state index in [0.29, 0.717) is 11.4 Å². The fourth-order valence-electron chi connectivity index (χ4n) is 2.93. The maximum Gasteiger partial charge on any atom is 0.273 e. The Labute approximate surface area is 172 Å². The fourth-order valence-corrected chi connectivity index (χ4v) is 3.56. The summed E-state index contributed by atoms with van der Waals surface area (Å²) in [6, 6.07) is 17.4. The average molecular weight is 486 g/mol. The van der Waals surface area contributed by atoms with Gasteiger partial charge < -0.3 is 4.74 Å². The summed E-state index contributed by atoms with van der Waals surface area (Å²) in [6.45, 7) is 0. The Hall–Kier alpha value is -3.27. The number of rotatable bonds is 4. The Balaban J connectivity index is 1.67. The third kappa shape index (κ3) is 3.11. The lowest BCUT2D eigenvalue weighted by Gasteiger charge is -2.15. The molecule has 3 aromatic carbocycles. The molecule has 1 aliphatic heterocycles. The second-order valence-corrected chi connectivity index (χ2v) is 7.12. The van der Waals surface area contributed by atoms with Crippen molar-refractivity contribution in [3.05, 3.63) is 91.5 Å². The fraction of sp³-hybridized carbons (Fsp3) is 0. The number of fused-ring (bicyclic) bond motifs is 1. The highest BCUT2D eigenvalue weighted by atomic mass is 127. The van der Waals surface area contributed by atoms with Crippen LogP contribution in [0, 0.1) is 13.7 Å². The Morgan fingerprint density at radius 2 is 1.57 bits per heavy atom. The molecule has 0 bridgehead atoms. The van der Waals surface area contributed by atoms with Crippen LogP contribution in [0.25, 0.3) is 0 Å². The maximum atomic E-state index is 12.9. The number of anilines is 1. The van der Waals surface area contributed by atoms with Gasteiger partial charge in [-0.2, -0.15) is 0 Å². The SMILES string of the molecule is O=C1c2ccc(Oc3cccc([N+](=O)[O-])c3)cc2C(=O)N1c1ccccc1I. The molecule has 2 amide bonds. The zero-order valence-electron chi connectivity index (χ0n) is 14.2. The van der Waals surface area contributed by atoms with Crippen molar-refractivity contribution in [3.8, 4) is 11.5 Å². The molecule has 8 heteroatoms. The maximum absolute atomic E-state index is 12.9. The molecule has 0 unspecified atom stereocenters. The average Bonchev–Trinajstić information content (AvgIpc) is 2.93. The topological polar surface area (TPSA) is 89.7 Å². The van der Waals surface area contributed by atoms with Crippen LogP contribution in [0.2, 0.25) is 0 Å². The molecule has 3 aromatic rings. The zero-order chi connectivity index (χ0) is 19.8. The molecule has 0 spiro atoms. The number of imide groups is 1. The number of ether oxygens (including phenoxy) is 1. The Kier molecular flexibility index (Phi) is 4.55. The first-order valence-electron chi connectivity index (χ1n) is 8.15. The predicted octanol–water partition coefficient (Wildman–Crippen LogP) is 4.79. The number of amides is 2. The van der Waals surface area contributed by atoms with Crippen molar-refractivity contribution < 1.29 is 19.2 Å². The van der Waals surface area contributed by atoms with Gasteiger partial charge in [0.05, 0.1) is 27.8 Å². The molecule has 0 atom stereocenters. The summed E-state index contributed by atoms with van der Waals surface area (Å²) in [5.74, 6) is -0.259. The Morgan fingerprint density at radius 1 is 0.857 bits per heavy atom. The molecular weight excluding hydrogens is 475 g/mol. The third-order valence-corrected chi connectivity index (χ3v) is 5.13. The highest BCUT2D eigenvalue weighted by Gasteiger charge is 2.37. The standard InChI is InChI=1S/C20H11IN2O5/c21-17-6-1-2-7-18(17)22-19(24)15-9-8-14(11-16(15)20(22)25)28-13-5-3-4-12(10-13)23(26)27/h1-11H. The zero-order valence-corrected chi connectivity index (χ0v) is 16.3. The van der Waals surface area contributed by atoms with Gasteiger partial charge in [0.15, 0.2) is 0 Å². The van der Waals surface area contributed by atoms with Crippen LogP contribution in [0.3, 0.4) is 0 Å². The minimum Gasteiger partial charge on any atom is -0.457 e. The van der Waals surface area contributed by atoms with Gasteiger partial charge in [-0.3, -0.25) is 19.7 Å². The van der Waals surface area contributed by atoms with E-state index < -0.39 is 16.7 Å². The Morgan fingerprint density at radius 3 is 2.32 bits per heavy atom. The van der Waals surface area contributed by atoms with Gasteiger partial charge in [-0.15, -0.1) is 0 Å². The number of carbonyl (C=O) groups is 2. The van der Waals surface area contributed by atoms with E-state index in [1.54, 1.807) is 24.3 Å². The van der Waals surface area contributed by atoms with Crippen LogP contribution < -0.4 is 9.64 Å². The molecule has 0 aliphatic carbocycles. The number of nitrogens with zero attached hydrogens (tertiary/aromatic N) is 2. The highest BCUT2D eigenvalue weighted by molar-refractivity contribution is 14.1. The summed E-state index contributed by atoms with van der Waals surface area (Å²) in [5, 5.41) is 10.9. The van der Waals surface area contributed by atoms with Crippen molar-refractivity contribution in [2.24, 2.45) is 0 Å². The molecule has 0 aromatic heterocycles. The summed E-state index contributed by atoms with van der Waals surface area (Å²) < 4.78 is 6.43. The number of benzene rings is 3. The number of carbonyl (C=O) groups excluding carboxylic acids is 2. The van der Waals surface area contributed by atoms with Crippen molar-refractivity contribution in [2.45, 2.75) is 0 Å². The molecule has 138 valence electrons. The largest absolute Gasteiger partial charge is 0.457 e. The summed E-state index contributed by atoms with van der Waals surface area (Å²) >= 11 is 2.07. The lowest BCUT2D eigenvalue weighted by atomic mass is 10.1. The van der Waals surface area contributed by atoms with Gasteiger partial charge in [-0.25, -0.2) is 4.90 Å². The van der Waals surface area contributed by atoms with Gasteiger partial charge in [0, 0.05) is 9.64 Å². The highest BCUT2D eigenvalue weighted by Crippen LogP contribution is 2.34. The van der Waals surface area contributed by atoms with Gasteiger partial charge in [0.25, 0.3) is 17.5 Å². The van der Waals surface area contributed by atoms with Gasteiger partial charge in [0.1, 0.15) is 11.5 Å². The molecule has 7 nitrogen and oxygen atoms in total. The van der Waals surface area contributed by atoms with E-state index in [-0.39, 0.29) is 22.6 Å². The van der Waals surface area contributed by atoms with Gasteiger partial charge in [0.2, 0.25) is 0 Å². The first-order valence-corrected chi connectivity index (χ1v) is 9.23. The minimum absolute atomic E-state index is 0.102. The number of hydrogen-bond acceptors (Lipinski definition) is 5. The summed E-state index contributed by atoms with van der Waals surface area (Å²) in [6.07, 6.45) is 0. The van der Waals surface area contributed by atoms with Crippen LogP contribution in [-0.4, -0.2) is 16.7 Å². The Bertz CT molecular complexity index is 1140. The van der Waals surface area contributed by atoms with E-state index in [1.165, 1.54) is 30.3 Å². The second-order valence-electron chi connectivity index (χ2n) is 5.96. The normalized spacial score (nSPS) is 12.8. The van der Waals surface area contributed by atoms with Gasteiger partial charge in [-0.1, -0.05) is 18.2 Å². The molecule has 0 N–H and O–H groups in total. The number of nitro groups is 1. The summed E-state index contributed by atoms with van der Waals surface area (Å²) in [5.41, 5.74) is 0.939. The van der Waals surface area contributed by atoms with E-state index >= 15 is 0 Å². The second kappa shape index (κ2) is 7.04. The van der Waals surface area contributed by atoms with Crippen LogP contribution in [0.1, 0.15) is 20.7 Å². The third-order valence-electron chi connectivity index (χ3n) is 4.22. The van der Waals surface area contributed by atoms with E-state index in [0.717, 1.165) is 8.47 Å². The van der Waals surface area contributed by atoms with Gasteiger partial charge >= 0.3 is 0 Å². The molecule has 0 radical (unpaired) electrons. The molecule has 4 rings (SSSR count). The summed E-state index contributed by atoms with van der Waals surface area (Å²) in [4.78, 5) is 37.1. The molecule has 0 saturated carbocycles. The lowest BCUT2D eigenvalue weighted by molar-refractivity contribution is -0.384. The number of non-ortho nitro benzene ring substituents is 1. The lowest BCUT2D eigenvalue weighted by Crippen LogP contribution is -2.30.